The highest BCUT2D eigenvalue weighted by Gasteiger charge is 2.36. The molecule has 5 nitrogen and oxygen atoms in total. The van der Waals surface area contributed by atoms with Crippen LogP contribution in [-0.4, -0.2) is 22.1 Å². The number of carbonyl (C=O) groups is 1. The van der Waals surface area contributed by atoms with E-state index in [1.165, 1.54) is 12.1 Å². The molecule has 0 amide bonds. The zero-order chi connectivity index (χ0) is 21.4. The lowest BCUT2D eigenvalue weighted by molar-refractivity contribution is -0.138. The fraction of sp³-hybridized carbons (Fsp3) is 0.120. The predicted octanol–water partition coefficient (Wildman–Crippen LogP) is 5.16. The molecule has 0 radical (unpaired) electrons. The van der Waals surface area contributed by atoms with Gasteiger partial charge in [-0.3, -0.25) is 4.57 Å². The molecule has 0 saturated heterocycles. The van der Waals surface area contributed by atoms with Crippen molar-refractivity contribution in [3.8, 4) is 0 Å². The van der Waals surface area contributed by atoms with Gasteiger partial charge in [-0.1, -0.05) is 42.5 Å². The van der Waals surface area contributed by atoms with Crippen LogP contribution in [0.2, 0.25) is 0 Å². The largest absolute Gasteiger partial charge is 0.463 e. The highest BCUT2D eigenvalue weighted by Crippen LogP contribution is 2.42. The molecule has 0 fully saturated rings. The van der Waals surface area contributed by atoms with Crippen LogP contribution in [0, 0.1) is 5.82 Å². The number of benzene rings is 3. The summed E-state index contributed by atoms with van der Waals surface area (Å²) in [4.78, 5) is 18.0. The summed E-state index contributed by atoms with van der Waals surface area (Å²) in [6.07, 6.45) is 0. The smallest absolute Gasteiger partial charge is 0.338 e. The first-order chi connectivity index (χ1) is 15.2. The number of fused-ring (bicyclic) bond motifs is 3. The minimum atomic E-state index is -0.455. The van der Waals surface area contributed by atoms with Crippen LogP contribution in [0.5, 0.6) is 0 Å². The van der Waals surface area contributed by atoms with Gasteiger partial charge in [-0.05, 0) is 54.4 Å². The third-order valence-electron chi connectivity index (χ3n) is 5.38. The third kappa shape index (κ3) is 3.26. The molecule has 5 rings (SSSR count). The Labute approximate surface area is 178 Å². The molecule has 1 aliphatic heterocycles. The second-order valence-corrected chi connectivity index (χ2v) is 7.25. The van der Waals surface area contributed by atoms with Gasteiger partial charge in [-0.15, -0.1) is 0 Å². The highest BCUT2D eigenvalue weighted by atomic mass is 19.1. The van der Waals surface area contributed by atoms with Gasteiger partial charge in [0.25, 0.3) is 0 Å². The van der Waals surface area contributed by atoms with E-state index >= 15 is 0 Å². The zero-order valence-electron chi connectivity index (χ0n) is 16.9. The zero-order valence-corrected chi connectivity index (χ0v) is 16.9. The Kier molecular flexibility index (Phi) is 4.75. The van der Waals surface area contributed by atoms with Crippen molar-refractivity contribution in [1.29, 1.82) is 0 Å². The molecule has 4 aromatic rings. The van der Waals surface area contributed by atoms with Crippen LogP contribution in [-0.2, 0) is 9.53 Å². The van der Waals surface area contributed by atoms with Gasteiger partial charge in [0.1, 0.15) is 5.82 Å². The number of carbonyl (C=O) groups excluding carboxylic acids is 1. The number of imidazole rings is 1. The van der Waals surface area contributed by atoms with Gasteiger partial charge < -0.3 is 10.1 Å². The van der Waals surface area contributed by atoms with E-state index in [0.29, 0.717) is 22.8 Å². The SMILES string of the molecule is CCOC(=O)C1=C(c2ccc(F)cc2)Nc2nc3ccccc3n2C1c1ccccc1. The lowest BCUT2D eigenvalue weighted by Crippen LogP contribution is -2.29. The van der Waals surface area contributed by atoms with Crippen molar-refractivity contribution >= 4 is 28.6 Å². The Bertz CT molecular complexity index is 1290. The van der Waals surface area contributed by atoms with Crippen LogP contribution < -0.4 is 5.32 Å². The molecule has 1 aliphatic rings. The Balaban J connectivity index is 1.82. The fourth-order valence-electron chi connectivity index (χ4n) is 4.06. The fourth-order valence-corrected chi connectivity index (χ4v) is 4.06. The average molecular weight is 413 g/mol. The molecular weight excluding hydrogens is 393 g/mol. The van der Waals surface area contributed by atoms with E-state index in [0.717, 1.165) is 16.6 Å². The highest BCUT2D eigenvalue weighted by molar-refractivity contribution is 6.03. The van der Waals surface area contributed by atoms with Crippen molar-refractivity contribution in [3.63, 3.8) is 0 Å². The van der Waals surface area contributed by atoms with E-state index in [-0.39, 0.29) is 12.4 Å². The Morgan fingerprint density at radius 3 is 2.48 bits per heavy atom. The normalized spacial score (nSPS) is 15.5. The number of hydrogen-bond donors (Lipinski definition) is 1. The van der Waals surface area contributed by atoms with Crippen LogP contribution in [0.1, 0.15) is 24.1 Å². The molecular formula is C25H20FN3O2. The molecule has 1 N–H and O–H groups in total. The maximum Gasteiger partial charge on any atom is 0.338 e. The Hall–Kier alpha value is -3.93. The minimum absolute atomic E-state index is 0.248. The van der Waals surface area contributed by atoms with E-state index in [1.54, 1.807) is 19.1 Å². The predicted molar refractivity (Wildman–Crippen MR) is 118 cm³/mol. The number of hydrogen-bond acceptors (Lipinski definition) is 4. The topological polar surface area (TPSA) is 56.1 Å². The molecule has 0 aliphatic carbocycles. The van der Waals surface area contributed by atoms with E-state index in [9.17, 15) is 9.18 Å². The van der Waals surface area contributed by atoms with Crippen molar-refractivity contribution < 1.29 is 13.9 Å². The van der Waals surface area contributed by atoms with Crippen LogP contribution in [0.25, 0.3) is 16.7 Å². The van der Waals surface area contributed by atoms with Gasteiger partial charge in [0.15, 0.2) is 0 Å². The first-order valence-corrected chi connectivity index (χ1v) is 10.1. The molecule has 1 atom stereocenters. The van der Waals surface area contributed by atoms with Gasteiger partial charge in [0.05, 0.1) is 35.0 Å². The van der Waals surface area contributed by atoms with Crippen molar-refractivity contribution in [2.45, 2.75) is 13.0 Å². The summed E-state index contributed by atoms with van der Waals surface area (Å²) in [5.41, 5.74) is 4.35. The molecule has 31 heavy (non-hydrogen) atoms. The van der Waals surface area contributed by atoms with Crippen molar-refractivity contribution in [1.82, 2.24) is 9.55 Å². The number of esters is 1. The summed E-state index contributed by atoms with van der Waals surface area (Å²) in [5.74, 6) is -0.154. The summed E-state index contributed by atoms with van der Waals surface area (Å²) >= 11 is 0. The van der Waals surface area contributed by atoms with Gasteiger partial charge in [-0.2, -0.15) is 0 Å². The van der Waals surface area contributed by atoms with Gasteiger partial charge in [0.2, 0.25) is 5.95 Å². The second kappa shape index (κ2) is 7.72. The van der Waals surface area contributed by atoms with Crippen LogP contribution >= 0.6 is 0 Å². The summed E-state index contributed by atoms with van der Waals surface area (Å²) in [5, 5.41) is 3.32. The number of nitrogens with zero attached hydrogens (tertiary/aromatic N) is 2. The first-order valence-electron chi connectivity index (χ1n) is 10.1. The number of rotatable bonds is 4. The maximum atomic E-state index is 13.6. The van der Waals surface area contributed by atoms with E-state index in [4.69, 9.17) is 9.72 Å². The minimum Gasteiger partial charge on any atom is -0.463 e. The van der Waals surface area contributed by atoms with Gasteiger partial charge in [0, 0.05) is 0 Å². The summed E-state index contributed by atoms with van der Waals surface area (Å²) in [6.45, 7) is 2.03. The molecule has 1 aromatic heterocycles. The van der Waals surface area contributed by atoms with E-state index in [1.807, 2.05) is 59.2 Å². The van der Waals surface area contributed by atoms with Crippen LogP contribution in [0.15, 0.2) is 84.4 Å². The number of halogens is 1. The summed E-state index contributed by atoms with van der Waals surface area (Å²) in [7, 11) is 0. The first kappa shape index (κ1) is 19.1. The molecule has 0 saturated carbocycles. The molecule has 154 valence electrons. The Morgan fingerprint density at radius 1 is 1.03 bits per heavy atom. The van der Waals surface area contributed by atoms with Gasteiger partial charge >= 0.3 is 5.97 Å². The number of ether oxygens (including phenoxy) is 1. The van der Waals surface area contributed by atoms with E-state index in [2.05, 4.69) is 5.32 Å². The standard InChI is InChI=1S/C25H20FN3O2/c1-2-31-24(30)21-22(16-12-14-18(26)15-13-16)28-25-27-19-10-6-7-11-20(19)29(25)23(21)17-8-4-3-5-9-17/h3-15,23H,2H2,1H3,(H,27,28). The average Bonchev–Trinajstić information content (AvgIpc) is 3.17. The lowest BCUT2D eigenvalue weighted by atomic mass is 9.92. The monoisotopic (exact) mass is 413 g/mol. The van der Waals surface area contributed by atoms with Crippen LogP contribution in [0.3, 0.4) is 0 Å². The number of anilines is 1. The maximum absolute atomic E-state index is 13.6. The van der Waals surface area contributed by atoms with Crippen molar-refractivity contribution in [2.24, 2.45) is 0 Å². The van der Waals surface area contributed by atoms with Crippen molar-refractivity contribution in [3.05, 3.63) is 101 Å². The molecule has 3 aromatic carbocycles. The summed E-state index contributed by atoms with van der Waals surface area (Å²) in [6, 6.07) is 23.2. The molecule has 6 heteroatoms. The molecule has 1 unspecified atom stereocenters. The van der Waals surface area contributed by atoms with Gasteiger partial charge in [-0.25, -0.2) is 14.2 Å². The molecule has 2 heterocycles. The lowest BCUT2D eigenvalue weighted by Gasteiger charge is -2.31. The van der Waals surface area contributed by atoms with Crippen molar-refractivity contribution in [2.75, 3.05) is 11.9 Å². The van der Waals surface area contributed by atoms with E-state index < -0.39 is 12.0 Å². The molecule has 0 bridgehead atoms. The quantitative estimate of drug-likeness (QED) is 0.469. The molecule has 0 spiro atoms. The number of aromatic nitrogens is 2. The number of para-hydroxylation sites is 2. The third-order valence-corrected chi connectivity index (χ3v) is 5.38. The Morgan fingerprint density at radius 2 is 1.74 bits per heavy atom. The summed E-state index contributed by atoms with van der Waals surface area (Å²) < 4.78 is 21.1. The number of nitrogens with one attached hydrogen (secondary N) is 1. The second-order valence-electron chi connectivity index (χ2n) is 7.25. The van der Waals surface area contributed by atoms with Crippen LogP contribution in [0.4, 0.5) is 10.3 Å².